The average molecular weight is 256 g/mol. The van der Waals surface area contributed by atoms with E-state index in [1.165, 1.54) is 19.3 Å². The Hall–Kier alpha value is 0.827. The van der Waals surface area contributed by atoms with Crippen molar-refractivity contribution in [2.75, 3.05) is 0 Å². The van der Waals surface area contributed by atoms with Crippen molar-refractivity contribution in [3.05, 3.63) is 12.2 Å². The van der Waals surface area contributed by atoms with Crippen LogP contribution in [0.4, 0.5) is 0 Å². The lowest BCUT2D eigenvalue weighted by molar-refractivity contribution is 0.388. The van der Waals surface area contributed by atoms with Gasteiger partial charge in [-0.1, -0.05) is 12.2 Å². The minimum atomic E-state index is -2.39. The zero-order chi connectivity index (χ0) is 9.53. The summed E-state index contributed by atoms with van der Waals surface area (Å²) in [7, 11) is 0. The van der Waals surface area contributed by atoms with Gasteiger partial charge in [-0.2, -0.15) is 0 Å². The van der Waals surface area contributed by atoms with Gasteiger partial charge in [0.05, 0.1) is 0 Å². The molecule has 0 N–H and O–H groups in total. The van der Waals surface area contributed by atoms with Gasteiger partial charge in [0.25, 0.3) is 0 Å². The van der Waals surface area contributed by atoms with Crippen LogP contribution in [0.2, 0.25) is 6.04 Å². The average Bonchev–Trinajstić information content (AvgIpc) is 2.59. The summed E-state index contributed by atoms with van der Waals surface area (Å²) < 4.78 is 0. The lowest BCUT2D eigenvalue weighted by Crippen LogP contribution is -2.17. The Kier molecular flexibility index (Phi) is 2.74. The highest BCUT2D eigenvalue weighted by molar-refractivity contribution is 7.64. The fraction of sp³-hybridized carbons (Fsp3) is 0.778. The number of halogens is 3. The zero-order valence-electron chi connectivity index (χ0n) is 7.40. The van der Waals surface area contributed by atoms with Crippen LogP contribution < -0.4 is 0 Å². The Labute approximate surface area is 94.4 Å². The van der Waals surface area contributed by atoms with E-state index in [-0.39, 0.29) is 0 Å². The molecule has 0 aromatic carbocycles. The fourth-order valence-electron chi connectivity index (χ4n) is 2.56. The van der Waals surface area contributed by atoms with Gasteiger partial charge in [0.2, 0.25) is 0 Å². The maximum atomic E-state index is 5.89. The summed E-state index contributed by atoms with van der Waals surface area (Å²) in [6.07, 6.45) is 9.77. The second-order valence-electron chi connectivity index (χ2n) is 4.34. The lowest BCUT2D eigenvalue weighted by atomic mass is 9.85. The van der Waals surface area contributed by atoms with Crippen molar-refractivity contribution in [1.29, 1.82) is 0 Å². The normalized spacial score (nSPS) is 37.3. The molecule has 0 aromatic rings. The molecular weight excluding hydrogens is 243 g/mol. The van der Waals surface area contributed by atoms with E-state index in [2.05, 4.69) is 12.2 Å². The van der Waals surface area contributed by atoms with E-state index in [4.69, 9.17) is 33.2 Å². The molecule has 0 heterocycles. The third-order valence-corrected chi connectivity index (χ3v) is 5.83. The Balaban J connectivity index is 1.92. The Bertz CT molecular complexity index is 234. The van der Waals surface area contributed by atoms with E-state index >= 15 is 0 Å². The highest BCUT2D eigenvalue weighted by Gasteiger charge is 2.42. The van der Waals surface area contributed by atoms with Crippen LogP contribution in [-0.4, -0.2) is 6.00 Å². The molecule has 2 aliphatic rings. The summed E-state index contributed by atoms with van der Waals surface area (Å²) in [6, 6.07) is -1.57. The SMILES string of the molecule is Cl[Si](Cl)(Cl)CC[C@@]12C=C[C@@H](CC1)C2. The second kappa shape index (κ2) is 3.44. The molecule has 0 amide bonds. The van der Waals surface area contributed by atoms with E-state index in [0.29, 0.717) is 5.41 Å². The minimum Gasteiger partial charge on any atom is -0.126 e. The van der Waals surface area contributed by atoms with Crippen LogP contribution in [0.3, 0.4) is 0 Å². The van der Waals surface area contributed by atoms with Crippen LogP contribution in [0.5, 0.6) is 0 Å². The van der Waals surface area contributed by atoms with Gasteiger partial charge in [0.1, 0.15) is 0 Å². The van der Waals surface area contributed by atoms with Gasteiger partial charge in [-0.25, -0.2) is 0 Å². The molecule has 74 valence electrons. The first-order valence-electron chi connectivity index (χ1n) is 4.75. The second-order valence-corrected chi connectivity index (χ2v) is 13.6. The summed E-state index contributed by atoms with van der Waals surface area (Å²) in [6.45, 7) is 0. The topological polar surface area (TPSA) is 0 Å². The summed E-state index contributed by atoms with van der Waals surface area (Å²) in [5.41, 5.74) is 0.418. The molecule has 0 aromatic heterocycles. The van der Waals surface area contributed by atoms with Gasteiger partial charge in [0.15, 0.2) is 0 Å². The molecule has 2 atom stereocenters. The zero-order valence-corrected chi connectivity index (χ0v) is 10.7. The predicted molar refractivity (Wildman–Crippen MR) is 61.7 cm³/mol. The van der Waals surface area contributed by atoms with Crippen molar-refractivity contribution in [2.24, 2.45) is 11.3 Å². The van der Waals surface area contributed by atoms with Crippen LogP contribution in [0.1, 0.15) is 25.7 Å². The summed E-state index contributed by atoms with van der Waals surface area (Å²) in [5, 5.41) is 0. The minimum absolute atomic E-state index is 0.418. The van der Waals surface area contributed by atoms with Crippen LogP contribution in [-0.2, 0) is 0 Å². The molecule has 0 spiro atoms. The first-order chi connectivity index (χ1) is 5.99. The molecule has 2 bridgehead atoms. The molecule has 0 aliphatic heterocycles. The molecule has 1 fully saturated rings. The molecule has 2 rings (SSSR count). The summed E-state index contributed by atoms with van der Waals surface area (Å²) in [5.74, 6) is 0.831. The molecule has 13 heavy (non-hydrogen) atoms. The molecule has 2 aliphatic carbocycles. The van der Waals surface area contributed by atoms with E-state index in [0.717, 1.165) is 18.4 Å². The van der Waals surface area contributed by atoms with Crippen LogP contribution in [0, 0.1) is 11.3 Å². The number of hydrogen-bond acceptors (Lipinski definition) is 0. The van der Waals surface area contributed by atoms with Crippen LogP contribution in [0.25, 0.3) is 0 Å². The maximum Gasteiger partial charge on any atom is 0.341 e. The van der Waals surface area contributed by atoms with E-state index in [9.17, 15) is 0 Å². The lowest BCUT2D eigenvalue weighted by Gasteiger charge is -2.24. The Morgan fingerprint density at radius 2 is 2.15 bits per heavy atom. The first-order valence-corrected chi connectivity index (χ1v) is 10.00. The molecule has 0 unspecified atom stereocenters. The third kappa shape index (κ3) is 2.44. The van der Waals surface area contributed by atoms with E-state index in [1.54, 1.807) is 0 Å². The number of hydrogen-bond donors (Lipinski definition) is 0. The fourth-order valence-corrected chi connectivity index (χ4v) is 4.19. The molecule has 4 heteroatoms. The highest BCUT2D eigenvalue weighted by Crippen LogP contribution is 2.53. The van der Waals surface area contributed by atoms with Crippen molar-refractivity contribution >= 4 is 39.2 Å². The maximum absolute atomic E-state index is 5.89. The standard InChI is InChI=1S/C9H13Cl3Si/c10-13(11,12)6-5-9-3-1-8(7-9)2-4-9/h1,3,8H,2,4-7H2/t8-,9+/m0/s1. The molecule has 0 nitrogen and oxygen atoms in total. The molecule has 0 saturated heterocycles. The van der Waals surface area contributed by atoms with Crippen LogP contribution >= 0.6 is 33.2 Å². The van der Waals surface area contributed by atoms with Crippen molar-refractivity contribution < 1.29 is 0 Å². The monoisotopic (exact) mass is 254 g/mol. The number of allylic oxidation sites excluding steroid dienone is 2. The largest absolute Gasteiger partial charge is 0.341 e. The number of rotatable bonds is 3. The van der Waals surface area contributed by atoms with Crippen molar-refractivity contribution in [3.8, 4) is 0 Å². The molecule has 1 saturated carbocycles. The summed E-state index contributed by atoms with van der Waals surface area (Å²) >= 11 is 17.7. The van der Waals surface area contributed by atoms with Gasteiger partial charge in [-0.15, -0.1) is 33.2 Å². The first kappa shape index (κ1) is 10.3. The van der Waals surface area contributed by atoms with Crippen molar-refractivity contribution in [3.63, 3.8) is 0 Å². The summed E-state index contributed by atoms with van der Waals surface area (Å²) in [4.78, 5) is 0. The quantitative estimate of drug-likeness (QED) is 0.399. The Morgan fingerprint density at radius 1 is 1.38 bits per heavy atom. The van der Waals surface area contributed by atoms with E-state index < -0.39 is 6.00 Å². The molecule has 0 radical (unpaired) electrons. The van der Waals surface area contributed by atoms with Gasteiger partial charge in [-0.3, -0.25) is 0 Å². The molecular formula is C9H13Cl3Si. The van der Waals surface area contributed by atoms with Crippen molar-refractivity contribution in [2.45, 2.75) is 31.7 Å². The van der Waals surface area contributed by atoms with Gasteiger partial charge >= 0.3 is 6.00 Å². The Morgan fingerprint density at radius 3 is 2.54 bits per heavy atom. The van der Waals surface area contributed by atoms with E-state index in [1.807, 2.05) is 0 Å². The number of fused-ring (bicyclic) bond motifs is 2. The predicted octanol–water partition coefficient (Wildman–Crippen LogP) is 4.39. The van der Waals surface area contributed by atoms with Gasteiger partial charge < -0.3 is 0 Å². The van der Waals surface area contributed by atoms with Gasteiger partial charge in [-0.05, 0) is 43.1 Å². The van der Waals surface area contributed by atoms with Crippen LogP contribution in [0.15, 0.2) is 12.2 Å². The third-order valence-electron chi connectivity index (χ3n) is 3.31. The van der Waals surface area contributed by atoms with Crippen molar-refractivity contribution in [1.82, 2.24) is 0 Å². The smallest absolute Gasteiger partial charge is 0.126 e. The van der Waals surface area contributed by atoms with Gasteiger partial charge in [0, 0.05) is 0 Å². The highest BCUT2D eigenvalue weighted by atomic mass is 35.8.